The van der Waals surface area contributed by atoms with Gasteiger partial charge in [-0.05, 0) is 35.6 Å². The second-order valence-corrected chi connectivity index (χ2v) is 5.99. The smallest absolute Gasteiger partial charge is 0.376 e. The van der Waals surface area contributed by atoms with Crippen LogP contribution in [0.15, 0.2) is 36.4 Å². The van der Waals surface area contributed by atoms with Crippen LogP contribution in [0.25, 0.3) is 10.8 Å². The summed E-state index contributed by atoms with van der Waals surface area (Å²) in [5.74, 6) is 0.405. The summed E-state index contributed by atoms with van der Waals surface area (Å²) >= 11 is 0. The van der Waals surface area contributed by atoms with Gasteiger partial charge < -0.3 is 5.11 Å². The number of alkyl halides is 3. The van der Waals surface area contributed by atoms with Gasteiger partial charge in [0.05, 0.1) is 0 Å². The molecule has 1 N–H and O–H groups in total. The molecule has 2 aromatic rings. The van der Waals surface area contributed by atoms with E-state index in [-0.39, 0.29) is 5.56 Å². The van der Waals surface area contributed by atoms with E-state index in [0.717, 1.165) is 24.3 Å². The summed E-state index contributed by atoms with van der Waals surface area (Å²) in [6.07, 6.45) is -3.93. The van der Waals surface area contributed by atoms with Crippen LogP contribution in [0.1, 0.15) is 31.9 Å². The van der Waals surface area contributed by atoms with Crippen LogP contribution in [-0.2, 0) is 12.0 Å². The summed E-state index contributed by atoms with van der Waals surface area (Å²) in [7, 11) is 0. The van der Waals surface area contributed by atoms with Gasteiger partial charge in [-0.15, -0.1) is 0 Å². The molecule has 114 valence electrons. The van der Waals surface area contributed by atoms with Gasteiger partial charge in [-0.3, -0.25) is 0 Å². The molecule has 0 fully saturated rings. The Kier molecular flexibility index (Phi) is 4.02. The number of aliphatic hydroxyl groups is 1. The summed E-state index contributed by atoms with van der Waals surface area (Å²) in [4.78, 5) is 0. The number of halogens is 3. The van der Waals surface area contributed by atoms with Crippen molar-refractivity contribution < 1.29 is 18.3 Å². The standard InChI is InChI=1S/C17H19F3O/c1-11(2)10-12-6-4-8-14-13(12)7-5-9-15(14)16(3,21)17(18,19)20/h4-9,11,21H,10H2,1-3H3. The largest absolute Gasteiger partial charge is 0.421 e. The third-order valence-corrected chi connectivity index (χ3v) is 3.72. The SMILES string of the molecule is CC(C)Cc1cccc2c(C(C)(O)C(F)(F)F)cccc12. The van der Waals surface area contributed by atoms with E-state index in [1.165, 1.54) is 6.07 Å². The molecule has 2 aromatic carbocycles. The lowest BCUT2D eigenvalue weighted by Gasteiger charge is -2.28. The molecule has 0 spiro atoms. The molecule has 1 unspecified atom stereocenters. The van der Waals surface area contributed by atoms with Crippen molar-refractivity contribution in [2.45, 2.75) is 39.0 Å². The summed E-state index contributed by atoms with van der Waals surface area (Å²) in [6, 6.07) is 10.0. The number of fused-ring (bicyclic) bond motifs is 1. The van der Waals surface area contributed by atoms with Gasteiger partial charge in [-0.1, -0.05) is 50.2 Å². The molecule has 0 aliphatic rings. The van der Waals surface area contributed by atoms with Crippen molar-refractivity contribution in [3.8, 4) is 0 Å². The minimum absolute atomic E-state index is 0.0990. The highest BCUT2D eigenvalue weighted by atomic mass is 19.4. The van der Waals surface area contributed by atoms with Crippen molar-refractivity contribution in [3.63, 3.8) is 0 Å². The summed E-state index contributed by atoms with van der Waals surface area (Å²) in [5.41, 5.74) is -1.95. The predicted octanol–water partition coefficient (Wildman–Crippen LogP) is 4.81. The highest BCUT2D eigenvalue weighted by Gasteiger charge is 2.51. The monoisotopic (exact) mass is 296 g/mol. The molecule has 1 nitrogen and oxygen atoms in total. The van der Waals surface area contributed by atoms with Gasteiger partial charge in [0.25, 0.3) is 0 Å². The molecule has 0 saturated heterocycles. The topological polar surface area (TPSA) is 20.2 Å². The predicted molar refractivity (Wildman–Crippen MR) is 78.1 cm³/mol. The first-order chi connectivity index (χ1) is 9.64. The lowest BCUT2D eigenvalue weighted by atomic mass is 9.88. The van der Waals surface area contributed by atoms with Crippen LogP contribution in [0.3, 0.4) is 0 Å². The molecular weight excluding hydrogens is 277 g/mol. The van der Waals surface area contributed by atoms with E-state index in [0.29, 0.717) is 11.3 Å². The molecule has 0 bridgehead atoms. The summed E-state index contributed by atoms with van der Waals surface area (Å²) in [6.45, 7) is 4.93. The van der Waals surface area contributed by atoms with Crippen LogP contribution in [0.5, 0.6) is 0 Å². The summed E-state index contributed by atoms with van der Waals surface area (Å²) in [5, 5.41) is 11.2. The fraction of sp³-hybridized carbons (Fsp3) is 0.412. The third-order valence-electron chi connectivity index (χ3n) is 3.72. The number of hydrogen-bond donors (Lipinski definition) is 1. The van der Waals surface area contributed by atoms with Crippen LogP contribution < -0.4 is 0 Å². The molecule has 0 heterocycles. The molecule has 0 radical (unpaired) electrons. The molecule has 0 aromatic heterocycles. The molecule has 0 aliphatic carbocycles. The first-order valence-corrected chi connectivity index (χ1v) is 6.95. The van der Waals surface area contributed by atoms with Gasteiger partial charge in [0.1, 0.15) is 0 Å². The first kappa shape index (κ1) is 15.8. The zero-order valence-electron chi connectivity index (χ0n) is 12.3. The van der Waals surface area contributed by atoms with E-state index < -0.39 is 11.8 Å². The fourth-order valence-corrected chi connectivity index (χ4v) is 2.57. The van der Waals surface area contributed by atoms with Gasteiger partial charge in [0.15, 0.2) is 5.60 Å². The first-order valence-electron chi connectivity index (χ1n) is 6.95. The maximum absolute atomic E-state index is 13.1. The maximum atomic E-state index is 13.1. The van der Waals surface area contributed by atoms with Crippen molar-refractivity contribution >= 4 is 10.8 Å². The van der Waals surface area contributed by atoms with Gasteiger partial charge in [0, 0.05) is 5.56 Å². The maximum Gasteiger partial charge on any atom is 0.421 e. The van der Waals surface area contributed by atoms with Crippen molar-refractivity contribution in [2.75, 3.05) is 0 Å². The summed E-state index contributed by atoms with van der Waals surface area (Å²) < 4.78 is 39.3. The Hall–Kier alpha value is -1.55. The normalized spacial score (nSPS) is 15.4. The molecule has 0 amide bonds. The van der Waals surface area contributed by atoms with Crippen molar-refractivity contribution in [1.82, 2.24) is 0 Å². The Balaban J connectivity index is 2.68. The average molecular weight is 296 g/mol. The molecular formula is C17H19F3O. The molecule has 1 atom stereocenters. The van der Waals surface area contributed by atoms with Crippen LogP contribution in [0, 0.1) is 5.92 Å². The second-order valence-electron chi connectivity index (χ2n) is 5.99. The zero-order valence-corrected chi connectivity index (χ0v) is 12.3. The van der Waals surface area contributed by atoms with E-state index in [4.69, 9.17) is 0 Å². The zero-order chi connectivity index (χ0) is 15.8. The lowest BCUT2D eigenvalue weighted by Crippen LogP contribution is -2.39. The molecule has 0 aliphatic heterocycles. The van der Waals surface area contributed by atoms with Crippen LogP contribution in [0.4, 0.5) is 13.2 Å². The molecule has 2 rings (SSSR count). The Morgan fingerprint density at radius 1 is 1.00 bits per heavy atom. The van der Waals surface area contributed by atoms with Gasteiger partial charge in [0.2, 0.25) is 0 Å². The molecule has 4 heteroatoms. The Morgan fingerprint density at radius 2 is 1.57 bits per heavy atom. The second kappa shape index (κ2) is 5.34. The molecule has 21 heavy (non-hydrogen) atoms. The van der Waals surface area contributed by atoms with Crippen molar-refractivity contribution in [1.29, 1.82) is 0 Å². The third kappa shape index (κ3) is 2.91. The number of hydrogen-bond acceptors (Lipinski definition) is 1. The lowest BCUT2D eigenvalue weighted by molar-refractivity contribution is -0.258. The number of benzene rings is 2. The highest BCUT2D eigenvalue weighted by Crippen LogP contribution is 2.41. The van der Waals surface area contributed by atoms with Gasteiger partial charge >= 0.3 is 6.18 Å². The Morgan fingerprint density at radius 3 is 2.14 bits per heavy atom. The Bertz CT molecular complexity index is 642. The molecule has 0 saturated carbocycles. The van der Waals surface area contributed by atoms with Gasteiger partial charge in [-0.25, -0.2) is 0 Å². The van der Waals surface area contributed by atoms with E-state index in [9.17, 15) is 18.3 Å². The number of rotatable bonds is 3. The van der Waals surface area contributed by atoms with Crippen LogP contribution in [0.2, 0.25) is 0 Å². The minimum Gasteiger partial charge on any atom is -0.376 e. The van der Waals surface area contributed by atoms with E-state index >= 15 is 0 Å². The Labute approximate surface area is 122 Å². The van der Waals surface area contributed by atoms with E-state index in [1.54, 1.807) is 18.2 Å². The van der Waals surface area contributed by atoms with Crippen LogP contribution >= 0.6 is 0 Å². The van der Waals surface area contributed by atoms with Gasteiger partial charge in [-0.2, -0.15) is 13.2 Å². The average Bonchev–Trinajstić information content (AvgIpc) is 2.36. The quantitative estimate of drug-likeness (QED) is 0.862. The van der Waals surface area contributed by atoms with E-state index in [2.05, 4.69) is 13.8 Å². The highest BCUT2D eigenvalue weighted by molar-refractivity contribution is 5.89. The van der Waals surface area contributed by atoms with Crippen molar-refractivity contribution in [2.24, 2.45) is 5.92 Å². The fourth-order valence-electron chi connectivity index (χ4n) is 2.57. The minimum atomic E-state index is -4.71. The van der Waals surface area contributed by atoms with Crippen LogP contribution in [-0.4, -0.2) is 11.3 Å². The van der Waals surface area contributed by atoms with E-state index in [1.807, 2.05) is 12.1 Å². The van der Waals surface area contributed by atoms with Crippen molar-refractivity contribution in [3.05, 3.63) is 47.5 Å².